The Morgan fingerprint density at radius 1 is 1.04 bits per heavy atom. The van der Waals surface area contributed by atoms with Gasteiger partial charge >= 0.3 is 0 Å². The van der Waals surface area contributed by atoms with Gasteiger partial charge in [-0.05, 0) is 56.5 Å². The van der Waals surface area contributed by atoms with Crippen LogP contribution in [0.3, 0.4) is 0 Å². The summed E-state index contributed by atoms with van der Waals surface area (Å²) in [4.78, 5) is 28.6. The largest absolute Gasteiger partial charge is 0.376 e. The minimum absolute atomic E-state index is 0.00540. The van der Waals surface area contributed by atoms with Crippen molar-refractivity contribution in [3.05, 3.63) is 59.9 Å². The molecule has 1 aliphatic heterocycles. The first-order chi connectivity index (χ1) is 13.0. The third kappa shape index (κ3) is 5.37. The monoisotopic (exact) mass is 367 g/mol. The van der Waals surface area contributed by atoms with Crippen LogP contribution in [0.25, 0.3) is 0 Å². The first kappa shape index (κ1) is 19.0. The number of amides is 2. The lowest BCUT2D eigenvalue weighted by molar-refractivity contribution is -0.133. The molecule has 1 aromatic heterocycles. The Hall–Kier alpha value is -2.73. The molecule has 27 heavy (non-hydrogen) atoms. The standard InChI is InChI=1S/C21H25N3O3/c1-14-11-18(12-15(2)27-14)20(25)23-13-16-3-5-17(6-4-16)21(26)24-19-7-9-22-10-8-19/h3-10,14-15,18H,11-13H2,1-2H3,(H,23,25)(H,22,24,26)/t14-,15+,18?. The van der Waals surface area contributed by atoms with Crippen LogP contribution in [0, 0.1) is 5.92 Å². The summed E-state index contributed by atoms with van der Waals surface area (Å²) in [5.41, 5.74) is 2.22. The van der Waals surface area contributed by atoms with Crippen molar-refractivity contribution in [2.45, 2.75) is 45.4 Å². The molecule has 2 aromatic rings. The molecule has 1 aliphatic rings. The Balaban J connectivity index is 1.51. The summed E-state index contributed by atoms with van der Waals surface area (Å²) in [6.07, 6.45) is 4.99. The Morgan fingerprint density at radius 3 is 2.30 bits per heavy atom. The van der Waals surface area contributed by atoms with Crippen molar-refractivity contribution in [3.63, 3.8) is 0 Å². The van der Waals surface area contributed by atoms with Crippen LogP contribution in [-0.4, -0.2) is 29.0 Å². The molecule has 3 atom stereocenters. The maximum absolute atomic E-state index is 12.4. The first-order valence-corrected chi connectivity index (χ1v) is 9.24. The molecule has 3 rings (SSSR count). The number of hydrogen-bond donors (Lipinski definition) is 2. The van der Waals surface area contributed by atoms with E-state index >= 15 is 0 Å². The lowest BCUT2D eigenvalue weighted by Crippen LogP contribution is -2.39. The Labute approximate surface area is 159 Å². The van der Waals surface area contributed by atoms with Crippen molar-refractivity contribution in [3.8, 4) is 0 Å². The molecule has 2 amide bonds. The van der Waals surface area contributed by atoms with Crippen LogP contribution in [0.5, 0.6) is 0 Å². The second-order valence-electron chi connectivity index (χ2n) is 7.03. The zero-order valence-electron chi connectivity index (χ0n) is 15.6. The molecular formula is C21H25N3O3. The van der Waals surface area contributed by atoms with Gasteiger partial charge in [0, 0.05) is 36.1 Å². The summed E-state index contributed by atoms with van der Waals surface area (Å²) in [6.45, 7) is 4.46. The lowest BCUT2D eigenvalue weighted by Gasteiger charge is -2.31. The Kier molecular flexibility index (Phi) is 6.19. The molecule has 0 radical (unpaired) electrons. The normalized spacial score (nSPS) is 22.1. The van der Waals surface area contributed by atoms with Crippen LogP contribution in [0.1, 0.15) is 42.6 Å². The van der Waals surface area contributed by atoms with E-state index in [2.05, 4.69) is 15.6 Å². The highest BCUT2D eigenvalue weighted by Crippen LogP contribution is 2.24. The highest BCUT2D eigenvalue weighted by molar-refractivity contribution is 6.04. The van der Waals surface area contributed by atoms with Crippen molar-refractivity contribution in [1.82, 2.24) is 10.3 Å². The number of pyridine rings is 1. The average molecular weight is 367 g/mol. The summed E-state index contributed by atoms with van der Waals surface area (Å²) in [5.74, 6) is -0.118. The average Bonchev–Trinajstić information content (AvgIpc) is 2.66. The minimum Gasteiger partial charge on any atom is -0.376 e. The van der Waals surface area contributed by atoms with E-state index in [4.69, 9.17) is 4.74 Å². The third-order valence-corrected chi connectivity index (χ3v) is 4.69. The van der Waals surface area contributed by atoms with Gasteiger partial charge in [0.2, 0.25) is 5.91 Å². The number of nitrogens with zero attached hydrogens (tertiary/aromatic N) is 1. The molecule has 6 heteroatoms. The van der Waals surface area contributed by atoms with Gasteiger partial charge in [-0.15, -0.1) is 0 Å². The minimum atomic E-state index is -0.179. The van der Waals surface area contributed by atoms with Crippen molar-refractivity contribution in [1.29, 1.82) is 0 Å². The van der Waals surface area contributed by atoms with E-state index in [1.54, 1.807) is 36.7 Å². The molecule has 1 unspecified atom stereocenters. The van der Waals surface area contributed by atoms with Crippen LogP contribution in [0.15, 0.2) is 48.8 Å². The molecule has 6 nitrogen and oxygen atoms in total. The van der Waals surface area contributed by atoms with Crippen molar-refractivity contribution in [2.75, 3.05) is 5.32 Å². The molecule has 2 N–H and O–H groups in total. The molecule has 1 fully saturated rings. The van der Waals surface area contributed by atoms with E-state index in [-0.39, 0.29) is 29.9 Å². The van der Waals surface area contributed by atoms with Gasteiger partial charge in [-0.2, -0.15) is 0 Å². The predicted molar refractivity (Wildman–Crippen MR) is 103 cm³/mol. The number of aromatic nitrogens is 1. The van der Waals surface area contributed by atoms with E-state index < -0.39 is 0 Å². The van der Waals surface area contributed by atoms with E-state index in [0.717, 1.165) is 18.4 Å². The fourth-order valence-electron chi connectivity index (χ4n) is 3.37. The number of ether oxygens (including phenoxy) is 1. The summed E-state index contributed by atoms with van der Waals surface area (Å²) in [6, 6.07) is 10.7. The van der Waals surface area contributed by atoms with Gasteiger partial charge in [-0.25, -0.2) is 0 Å². The summed E-state index contributed by atoms with van der Waals surface area (Å²) < 4.78 is 5.69. The number of carbonyl (C=O) groups is 2. The van der Waals surface area contributed by atoms with Crippen LogP contribution < -0.4 is 10.6 Å². The molecule has 1 saturated heterocycles. The second-order valence-corrected chi connectivity index (χ2v) is 7.03. The predicted octanol–water partition coefficient (Wildman–Crippen LogP) is 3.15. The summed E-state index contributed by atoms with van der Waals surface area (Å²) in [7, 11) is 0. The quantitative estimate of drug-likeness (QED) is 0.851. The first-order valence-electron chi connectivity index (χ1n) is 9.24. The molecule has 1 aromatic carbocycles. The fraction of sp³-hybridized carbons (Fsp3) is 0.381. The second kappa shape index (κ2) is 8.77. The topological polar surface area (TPSA) is 80.3 Å². The SMILES string of the molecule is C[C@@H]1CC(C(=O)NCc2ccc(C(=O)Nc3ccncc3)cc2)C[C@H](C)O1. The van der Waals surface area contributed by atoms with Gasteiger partial charge in [0.05, 0.1) is 12.2 Å². The fourth-order valence-corrected chi connectivity index (χ4v) is 3.37. The van der Waals surface area contributed by atoms with Crippen molar-refractivity contribution < 1.29 is 14.3 Å². The van der Waals surface area contributed by atoms with Gasteiger partial charge < -0.3 is 15.4 Å². The van der Waals surface area contributed by atoms with Gasteiger partial charge in [0.1, 0.15) is 0 Å². The third-order valence-electron chi connectivity index (χ3n) is 4.69. The summed E-state index contributed by atoms with van der Waals surface area (Å²) in [5, 5.41) is 5.81. The Morgan fingerprint density at radius 2 is 1.67 bits per heavy atom. The zero-order valence-corrected chi connectivity index (χ0v) is 15.6. The van der Waals surface area contributed by atoms with Crippen molar-refractivity contribution >= 4 is 17.5 Å². The van der Waals surface area contributed by atoms with Gasteiger partial charge in [-0.1, -0.05) is 12.1 Å². The molecule has 0 bridgehead atoms. The highest BCUT2D eigenvalue weighted by atomic mass is 16.5. The van der Waals surface area contributed by atoms with Crippen LogP contribution >= 0.6 is 0 Å². The zero-order chi connectivity index (χ0) is 19.2. The molecular weight excluding hydrogens is 342 g/mol. The molecule has 0 aliphatic carbocycles. The van der Waals surface area contributed by atoms with Crippen LogP contribution in [0.4, 0.5) is 5.69 Å². The molecule has 0 spiro atoms. The van der Waals surface area contributed by atoms with Crippen LogP contribution in [-0.2, 0) is 16.1 Å². The number of hydrogen-bond acceptors (Lipinski definition) is 4. The number of anilines is 1. The lowest BCUT2D eigenvalue weighted by atomic mass is 9.92. The molecule has 0 saturated carbocycles. The van der Waals surface area contributed by atoms with Gasteiger partial charge in [-0.3, -0.25) is 14.6 Å². The highest BCUT2D eigenvalue weighted by Gasteiger charge is 2.29. The number of benzene rings is 1. The van der Waals surface area contributed by atoms with E-state index in [1.807, 2.05) is 26.0 Å². The number of carbonyl (C=O) groups excluding carboxylic acids is 2. The van der Waals surface area contributed by atoms with Crippen molar-refractivity contribution in [2.24, 2.45) is 5.92 Å². The van der Waals surface area contributed by atoms with E-state index in [0.29, 0.717) is 17.8 Å². The molecule has 142 valence electrons. The van der Waals surface area contributed by atoms with Crippen LogP contribution in [0.2, 0.25) is 0 Å². The number of rotatable bonds is 5. The molecule has 2 heterocycles. The Bertz CT molecular complexity index is 767. The maximum Gasteiger partial charge on any atom is 0.255 e. The number of nitrogens with one attached hydrogen (secondary N) is 2. The maximum atomic E-state index is 12.4. The van der Waals surface area contributed by atoms with E-state index in [1.165, 1.54) is 0 Å². The smallest absolute Gasteiger partial charge is 0.255 e. The summed E-state index contributed by atoms with van der Waals surface area (Å²) >= 11 is 0. The van der Waals surface area contributed by atoms with Gasteiger partial charge in [0.25, 0.3) is 5.91 Å². The van der Waals surface area contributed by atoms with Gasteiger partial charge in [0.15, 0.2) is 0 Å². The van der Waals surface area contributed by atoms with E-state index in [9.17, 15) is 9.59 Å².